The molecule has 0 atom stereocenters. The van der Waals surface area contributed by atoms with Gasteiger partial charge < -0.3 is 10.1 Å². The van der Waals surface area contributed by atoms with E-state index in [4.69, 9.17) is 4.74 Å². The molecule has 0 spiro atoms. The van der Waals surface area contributed by atoms with Crippen LogP contribution in [-0.4, -0.2) is 22.6 Å². The van der Waals surface area contributed by atoms with Crippen molar-refractivity contribution in [2.75, 3.05) is 6.61 Å². The quantitative estimate of drug-likeness (QED) is 0.877. The molecule has 2 aromatic rings. The highest BCUT2D eigenvalue weighted by molar-refractivity contribution is 5.63. The summed E-state index contributed by atoms with van der Waals surface area (Å²) in [5.41, 5.74) is 3.25. The third-order valence-corrected chi connectivity index (χ3v) is 2.87. The molecule has 0 aromatic carbocycles. The Balaban J connectivity index is 2.19. The van der Waals surface area contributed by atoms with E-state index in [1.807, 2.05) is 31.6 Å². The summed E-state index contributed by atoms with van der Waals surface area (Å²) in [6, 6.07) is 4.59. The number of pyridine rings is 2. The predicted molar refractivity (Wildman–Crippen MR) is 80.6 cm³/mol. The van der Waals surface area contributed by atoms with Crippen LogP contribution < -0.4 is 10.1 Å². The molecule has 0 aliphatic heterocycles. The largest absolute Gasteiger partial charge is 0.492 e. The highest BCUT2D eigenvalue weighted by Crippen LogP contribution is 2.22. The molecule has 0 aliphatic rings. The van der Waals surface area contributed by atoms with Crippen LogP contribution in [0.1, 0.15) is 26.3 Å². The third kappa shape index (κ3) is 4.03. The standard InChI is InChI=1S/C16H21N3O/c1-4-20-16-6-15(10-18-11-16)14-5-13(7-17-9-14)8-19-12(2)3/h5-7,9-12,19H,4,8H2,1-3H3. The van der Waals surface area contributed by atoms with Crippen LogP contribution in [0.3, 0.4) is 0 Å². The normalized spacial score (nSPS) is 10.8. The first-order valence-corrected chi connectivity index (χ1v) is 6.94. The second kappa shape index (κ2) is 7.01. The molecule has 4 heteroatoms. The molecule has 0 fully saturated rings. The molecule has 0 saturated carbocycles. The van der Waals surface area contributed by atoms with Gasteiger partial charge in [-0.2, -0.15) is 0 Å². The van der Waals surface area contributed by atoms with Crippen LogP contribution in [0.5, 0.6) is 5.75 Å². The average molecular weight is 271 g/mol. The summed E-state index contributed by atoms with van der Waals surface area (Å²) in [6.07, 6.45) is 7.30. The lowest BCUT2D eigenvalue weighted by Gasteiger charge is -2.09. The van der Waals surface area contributed by atoms with Crippen LogP contribution in [0, 0.1) is 0 Å². The molecule has 0 saturated heterocycles. The molecule has 0 radical (unpaired) electrons. The first-order chi connectivity index (χ1) is 9.69. The molecule has 4 nitrogen and oxygen atoms in total. The molecular weight excluding hydrogens is 250 g/mol. The van der Waals surface area contributed by atoms with Crippen LogP contribution in [0.25, 0.3) is 11.1 Å². The van der Waals surface area contributed by atoms with Crippen LogP contribution >= 0.6 is 0 Å². The number of hydrogen-bond acceptors (Lipinski definition) is 4. The number of aromatic nitrogens is 2. The Morgan fingerprint density at radius 1 is 1.05 bits per heavy atom. The minimum absolute atomic E-state index is 0.460. The summed E-state index contributed by atoms with van der Waals surface area (Å²) >= 11 is 0. The Bertz CT molecular complexity index is 555. The van der Waals surface area contributed by atoms with Crippen LogP contribution in [0.4, 0.5) is 0 Å². The van der Waals surface area contributed by atoms with Gasteiger partial charge in [-0.05, 0) is 24.6 Å². The van der Waals surface area contributed by atoms with Crippen LogP contribution in [0.2, 0.25) is 0 Å². The molecular formula is C16H21N3O. The zero-order chi connectivity index (χ0) is 14.4. The third-order valence-electron chi connectivity index (χ3n) is 2.87. The van der Waals surface area contributed by atoms with Gasteiger partial charge in [0.2, 0.25) is 0 Å². The van der Waals surface area contributed by atoms with Gasteiger partial charge in [0.25, 0.3) is 0 Å². The highest BCUT2D eigenvalue weighted by atomic mass is 16.5. The molecule has 20 heavy (non-hydrogen) atoms. The Hall–Kier alpha value is -1.94. The lowest BCUT2D eigenvalue weighted by atomic mass is 10.1. The van der Waals surface area contributed by atoms with Gasteiger partial charge in [0.1, 0.15) is 5.75 Å². The lowest BCUT2D eigenvalue weighted by Crippen LogP contribution is -2.21. The van der Waals surface area contributed by atoms with Crippen molar-refractivity contribution in [2.45, 2.75) is 33.4 Å². The summed E-state index contributed by atoms with van der Waals surface area (Å²) < 4.78 is 5.48. The van der Waals surface area contributed by atoms with E-state index in [1.54, 1.807) is 6.20 Å². The first-order valence-electron chi connectivity index (χ1n) is 6.94. The zero-order valence-electron chi connectivity index (χ0n) is 12.3. The van der Waals surface area contributed by atoms with Crippen LogP contribution in [0.15, 0.2) is 36.9 Å². The molecule has 0 bridgehead atoms. The van der Waals surface area contributed by atoms with E-state index in [0.717, 1.165) is 29.0 Å². The lowest BCUT2D eigenvalue weighted by molar-refractivity contribution is 0.339. The molecule has 1 N–H and O–H groups in total. The summed E-state index contributed by atoms with van der Waals surface area (Å²) in [4.78, 5) is 8.52. The fourth-order valence-electron chi connectivity index (χ4n) is 1.89. The van der Waals surface area contributed by atoms with Crippen molar-refractivity contribution in [2.24, 2.45) is 0 Å². The van der Waals surface area contributed by atoms with Gasteiger partial charge in [-0.15, -0.1) is 0 Å². The molecule has 0 amide bonds. The molecule has 2 rings (SSSR count). The summed E-state index contributed by atoms with van der Waals surface area (Å²) in [7, 11) is 0. The average Bonchev–Trinajstić information content (AvgIpc) is 2.46. The SMILES string of the molecule is CCOc1cncc(-c2cncc(CNC(C)C)c2)c1. The van der Waals surface area contributed by atoms with E-state index in [2.05, 4.69) is 35.2 Å². The van der Waals surface area contributed by atoms with Crippen molar-refractivity contribution in [1.29, 1.82) is 0 Å². The topological polar surface area (TPSA) is 47.0 Å². The van der Waals surface area contributed by atoms with Gasteiger partial charge in [-0.25, -0.2) is 0 Å². The second-order valence-corrected chi connectivity index (χ2v) is 4.96. The summed E-state index contributed by atoms with van der Waals surface area (Å²) in [5.74, 6) is 0.788. The van der Waals surface area contributed by atoms with Gasteiger partial charge in [-0.3, -0.25) is 9.97 Å². The van der Waals surface area contributed by atoms with E-state index in [9.17, 15) is 0 Å². The number of hydrogen-bond donors (Lipinski definition) is 1. The maximum absolute atomic E-state index is 5.48. The highest BCUT2D eigenvalue weighted by Gasteiger charge is 2.03. The van der Waals surface area contributed by atoms with Gasteiger partial charge in [0.15, 0.2) is 0 Å². The first kappa shape index (κ1) is 14.5. The van der Waals surface area contributed by atoms with Crippen molar-refractivity contribution in [3.63, 3.8) is 0 Å². The monoisotopic (exact) mass is 271 g/mol. The minimum Gasteiger partial charge on any atom is -0.492 e. The van der Waals surface area contributed by atoms with Crippen molar-refractivity contribution < 1.29 is 4.74 Å². The molecule has 2 heterocycles. The Kier molecular flexibility index (Phi) is 5.07. The van der Waals surface area contributed by atoms with E-state index < -0.39 is 0 Å². The number of nitrogens with one attached hydrogen (secondary N) is 1. The van der Waals surface area contributed by atoms with E-state index >= 15 is 0 Å². The number of nitrogens with zero attached hydrogens (tertiary/aromatic N) is 2. The van der Waals surface area contributed by atoms with Crippen molar-refractivity contribution in [3.8, 4) is 16.9 Å². The Morgan fingerprint density at radius 2 is 1.75 bits per heavy atom. The van der Waals surface area contributed by atoms with Gasteiger partial charge >= 0.3 is 0 Å². The molecule has 2 aromatic heterocycles. The van der Waals surface area contributed by atoms with Crippen molar-refractivity contribution >= 4 is 0 Å². The zero-order valence-corrected chi connectivity index (χ0v) is 12.3. The number of rotatable bonds is 6. The predicted octanol–water partition coefficient (Wildman–Crippen LogP) is 3.04. The van der Waals surface area contributed by atoms with Gasteiger partial charge in [-0.1, -0.05) is 13.8 Å². The molecule has 0 aliphatic carbocycles. The van der Waals surface area contributed by atoms with E-state index in [-0.39, 0.29) is 0 Å². The fraction of sp³-hybridized carbons (Fsp3) is 0.375. The maximum atomic E-state index is 5.48. The Morgan fingerprint density at radius 3 is 2.45 bits per heavy atom. The minimum atomic E-state index is 0.460. The summed E-state index contributed by atoms with van der Waals surface area (Å²) in [6.45, 7) is 7.69. The Labute approximate surface area is 120 Å². The number of ether oxygens (including phenoxy) is 1. The maximum Gasteiger partial charge on any atom is 0.138 e. The molecule has 106 valence electrons. The van der Waals surface area contributed by atoms with E-state index in [0.29, 0.717) is 12.6 Å². The second-order valence-electron chi connectivity index (χ2n) is 4.96. The fourth-order valence-corrected chi connectivity index (χ4v) is 1.89. The summed E-state index contributed by atoms with van der Waals surface area (Å²) in [5, 5.41) is 3.39. The van der Waals surface area contributed by atoms with Crippen LogP contribution in [-0.2, 0) is 6.54 Å². The van der Waals surface area contributed by atoms with Gasteiger partial charge in [0, 0.05) is 42.3 Å². The smallest absolute Gasteiger partial charge is 0.138 e. The van der Waals surface area contributed by atoms with Crippen molar-refractivity contribution in [1.82, 2.24) is 15.3 Å². The van der Waals surface area contributed by atoms with Crippen molar-refractivity contribution in [3.05, 3.63) is 42.5 Å². The van der Waals surface area contributed by atoms with Gasteiger partial charge in [0.05, 0.1) is 12.8 Å². The molecule has 0 unspecified atom stereocenters. The van der Waals surface area contributed by atoms with E-state index in [1.165, 1.54) is 0 Å².